The summed E-state index contributed by atoms with van der Waals surface area (Å²) in [5.74, 6) is -1.18. The van der Waals surface area contributed by atoms with Crippen LogP contribution in [0.25, 0.3) is 0 Å². The first kappa shape index (κ1) is 21.3. The fraction of sp³-hybridized carbons (Fsp3) is 0.190. The van der Waals surface area contributed by atoms with Gasteiger partial charge in [0.1, 0.15) is 6.61 Å². The lowest BCUT2D eigenvalue weighted by Crippen LogP contribution is -2.26. The van der Waals surface area contributed by atoms with Crippen molar-refractivity contribution in [1.29, 1.82) is 0 Å². The van der Waals surface area contributed by atoms with Gasteiger partial charge in [0.15, 0.2) is 11.5 Å². The molecule has 0 saturated carbocycles. The molecule has 0 unspecified atom stereocenters. The molecule has 2 aromatic carbocycles. The Morgan fingerprint density at radius 3 is 2.33 bits per heavy atom. The monoisotopic (exact) mass is 430 g/mol. The predicted octanol–water partition coefficient (Wildman–Crippen LogP) is 4.20. The van der Waals surface area contributed by atoms with Gasteiger partial charge in [0, 0.05) is 24.3 Å². The molecule has 0 fully saturated rings. The zero-order valence-corrected chi connectivity index (χ0v) is 17.2. The number of anilines is 1. The number of aryl methyl sites for hydroxylation is 2. The van der Waals surface area contributed by atoms with E-state index in [2.05, 4.69) is 15.7 Å². The first-order valence-corrected chi connectivity index (χ1v) is 9.45. The first-order chi connectivity index (χ1) is 14.3. The number of carbonyl (C=O) groups excluding carboxylic acids is 2. The van der Waals surface area contributed by atoms with E-state index in [0.717, 1.165) is 11.1 Å². The maximum atomic E-state index is 14.0. The Labute approximate surface area is 177 Å². The smallest absolute Gasteiger partial charge is 0.411 e. The van der Waals surface area contributed by atoms with E-state index in [1.165, 1.54) is 18.7 Å². The van der Waals surface area contributed by atoms with Crippen molar-refractivity contribution in [2.24, 2.45) is 7.05 Å². The van der Waals surface area contributed by atoms with Crippen molar-refractivity contribution in [3.05, 3.63) is 81.9 Å². The molecule has 156 valence electrons. The van der Waals surface area contributed by atoms with Crippen LogP contribution in [0.2, 0.25) is 5.02 Å². The number of benzene rings is 2. The zero-order chi connectivity index (χ0) is 21.7. The molecule has 3 rings (SSSR count). The number of ether oxygens (including phenoxy) is 1. The van der Waals surface area contributed by atoms with Gasteiger partial charge in [0.05, 0.1) is 5.69 Å². The van der Waals surface area contributed by atoms with E-state index in [-0.39, 0.29) is 24.5 Å². The highest BCUT2D eigenvalue weighted by Crippen LogP contribution is 2.14. The third-order valence-corrected chi connectivity index (χ3v) is 4.55. The van der Waals surface area contributed by atoms with Crippen LogP contribution in [-0.2, 0) is 24.9 Å². The molecule has 0 aliphatic heterocycles. The van der Waals surface area contributed by atoms with Gasteiger partial charge in [-0.2, -0.15) is 5.10 Å². The molecule has 9 heteroatoms. The number of nitrogens with one attached hydrogen (secondary N) is 2. The minimum atomic E-state index is -0.633. The van der Waals surface area contributed by atoms with Crippen molar-refractivity contribution in [3.8, 4) is 0 Å². The highest BCUT2D eigenvalue weighted by atomic mass is 35.5. The summed E-state index contributed by atoms with van der Waals surface area (Å²) in [6.45, 7) is 1.82. The Hall–Kier alpha value is -3.39. The second-order valence-electron chi connectivity index (χ2n) is 6.58. The summed E-state index contributed by atoms with van der Waals surface area (Å²) in [5, 5.41) is 9.77. The van der Waals surface area contributed by atoms with Crippen LogP contribution in [0.15, 0.2) is 48.5 Å². The Kier molecular flexibility index (Phi) is 6.68. The van der Waals surface area contributed by atoms with Gasteiger partial charge in [0.2, 0.25) is 0 Å². The topological polar surface area (TPSA) is 85.3 Å². The second-order valence-corrected chi connectivity index (χ2v) is 7.02. The highest BCUT2D eigenvalue weighted by Gasteiger charge is 2.19. The van der Waals surface area contributed by atoms with Crippen molar-refractivity contribution in [1.82, 2.24) is 15.1 Å². The molecular formula is C21H20ClFN4O3. The van der Waals surface area contributed by atoms with Crippen LogP contribution in [0.1, 0.15) is 27.3 Å². The van der Waals surface area contributed by atoms with Gasteiger partial charge in [-0.3, -0.25) is 14.8 Å². The maximum Gasteiger partial charge on any atom is 0.411 e. The molecule has 0 aliphatic carbocycles. The number of amides is 2. The molecule has 0 aliphatic rings. The summed E-state index contributed by atoms with van der Waals surface area (Å²) in [5.41, 5.74) is 2.19. The fourth-order valence-electron chi connectivity index (χ4n) is 2.73. The molecule has 0 spiro atoms. The number of carbonyl (C=O) groups is 2. The standard InChI is InChI=1S/C21H20ClFN4O3/c1-13-18(23)19(27(2)26-13)20(28)24-11-14-5-9-17(10-6-14)25-21(29)30-12-15-3-7-16(22)8-4-15/h3-10H,11-12H2,1-2H3,(H,24,28)(H,25,29). The van der Waals surface area contributed by atoms with Crippen LogP contribution in [0.4, 0.5) is 14.9 Å². The second kappa shape index (κ2) is 9.41. The van der Waals surface area contributed by atoms with Crippen LogP contribution in [0.5, 0.6) is 0 Å². The number of hydrogen-bond acceptors (Lipinski definition) is 4. The molecule has 30 heavy (non-hydrogen) atoms. The van der Waals surface area contributed by atoms with Crippen LogP contribution in [0.3, 0.4) is 0 Å². The van der Waals surface area contributed by atoms with Gasteiger partial charge in [-0.1, -0.05) is 35.9 Å². The minimum Gasteiger partial charge on any atom is -0.444 e. The third kappa shape index (κ3) is 5.36. The maximum absolute atomic E-state index is 14.0. The minimum absolute atomic E-state index is 0.116. The number of hydrogen-bond donors (Lipinski definition) is 2. The summed E-state index contributed by atoms with van der Waals surface area (Å²) in [6, 6.07) is 13.8. The van der Waals surface area contributed by atoms with E-state index in [9.17, 15) is 14.0 Å². The van der Waals surface area contributed by atoms with Gasteiger partial charge in [-0.15, -0.1) is 0 Å². The number of aromatic nitrogens is 2. The predicted molar refractivity (Wildman–Crippen MR) is 111 cm³/mol. The number of nitrogens with zero attached hydrogens (tertiary/aromatic N) is 2. The van der Waals surface area contributed by atoms with E-state index >= 15 is 0 Å². The highest BCUT2D eigenvalue weighted by molar-refractivity contribution is 6.30. The molecular weight excluding hydrogens is 411 g/mol. The van der Waals surface area contributed by atoms with E-state index in [4.69, 9.17) is 16.3 Å². The lowest BCUT2D eigenvalue weighted by atomic mass is 10.2. The Morgan fingerprint density at radius 1 is 1.10 bits per heavy atom. The summed E-state index contributed by atoms with van der Waals surface area (Å²) >= 11 is 5.82. The van der Waals surface area contributed by atoms with E-state index in [0.29, 0.717) is 10.7 Å². The van der Waals surface area contributed by atoms with Gasteiger partial charge >= 0.3 is 6.09 Å². The molecule has 2 amide bonds. The van der Waals surface area contributed by atoms with E-state index < -0.39 is 17.8 Å². The molecule has 0 bridgehead atoms. The number of halogens is 2. The molecule has 0 saturated heterocycles. The summed E-state index contributed by atoms with van der Waals surface area (Å²) in [4.78, 5) is 24.1. The molecule has 0 radical (unpaired) electrons. The van der Waals surface area contributed by atoms with Crippen LogP contribution in [-0.4, -0.2) is 21.8 Å². The normalized spacial score (nSPS) is 10.5. The average molecular weight is 431 g/mol. The summed E-state index contributed by atoms with van der Waals surface area (Å²) in [7, 11) is 1.51. The van der Waals surface area contributed by atoms with Crippen LogP contribution >= 0.6 is 11.6 Å². The largest absolute Gasteiger partial charge is 0.444 e. The van der Waals surface area contributed by atoms with E-state index in [1.54, 1.807) is 48.5 Å². The van der Waals surface area contributed by atoms with Crippen LogP contribution in [0, 0.1) is 12.7 Å². The van der Waals surface area contributed by atoms with Crippen molar-refractivity contribution < 1.29 is 18.7 Å². The molecule has 3 aromatic rings. The SMILES string of the molecule is Cc1nn(C)c(C(=O)NCc2ccc(NC(=O)OCc3ccc(Cl)cc3)cc2)c1F. The Bertz CT molecular complexity index is 1050. The molecule has 0 atom stereocenters. The van der Waals surface area contributed by atoms with E-state index in [1.807, 2.05) is 0 Å². The molecule has 7 nitrogen and oxygen atoms in total. The van der Waals surface area contributed by atoms with Gasteiger partial charge < -0.3 is 10.1 Å². The molecule has 1 heterocycles. The number of rotatable bonds is 6. The van der Waals surface area contributed by atoms with Gasteiger partial charge in [-0.25, -0.2) is 9.18 Å². The quantitative estimate of drug-likeness (QED) is 0.613. The third-order valence-electron chi connectivity index (χ3n) is 4.30. The van der Waals surface area contributed by atoms with Crippen LogP contribution < -0.4 is 10.6 Å². The van der Waals surface area contributed by atoms with Crippen molar-refractivity contribution in [2.75, 3.05) is 5.32 Å². The van der Waals surface area contributed by atoms with Crippen molar-refractivity contribution in [3.63, 3.8) is 0 Å². The lowest BCUT2D eigenvalue weighted by Gasteiger charge is -2.09. The Balaban J connectivity index is 1.49. The van der Waals surface area contributed by atoms with Crippen molar-refractivity contribution in [2.45, 2.75) is 20.1 Å². The average Bonchev–Trinajstić information content (AvgIpc) is 2.98. The van der Waals surface area contributed by atoms with Gasteiger partial charge in [0.25, 0.3) is 5.91 Å². The molecule has 1 aromatic heterocycles. The molecule has 2 N–H and O–H groups in total. The Morgan fingerprint density at radius 2 is 1.73 bits per heavy atom. The fourth-order valence-corrected chi connectivity index (χ4v) is 2.86. The van der Waals surface area contributed by atoms with Crippen molar-refractivity contribution >= 4 is 29.3 Å². The first-order valence-electron chi connectivity index (χ1n) is 9.08. The lowest BCUT2D eigenvalue weighted by molar-refractivity contribution is 0.0937. The summed E-state index contributed by atoms with van der Waals surface area (Å²) in [6.07, 6.45) is -0.590. The van der Waals surface area contributed by atoms with Gasteiger partial charge in [-0.05, 0) is 42.3 Å². The zero-order valence-electron chi connectivity index (χ0n) is 16.4. The summed E-state index contributed by atoms with van der Waals surface area (Å²) < 4.78 is 20.3.